The third-order valence-electron chi connectivity index (χ3n) is 2.69. The molecule has 0 spiro atoms. The maximum absolute atomic E-state index is 5.62. The maximum atomic E-state index is 5.62. The predicted molar refractivity (Wildman–Crippen MR) is 62.5 cm³/mol. The quantitative estimate of drug-likeness (QED) is 0.789. The van der Waals surface area contributed by atoms with Crippen molar-refractivity contribution >= 4 is 5.69 Å². The molecule has 16 heavy (non-hydrogen) atoms. The number of ether oxygens (including phenoxy) is 1. The summed E-state index contributed by atoms with van der Waals surface area (Å²) in [5.41, 5.74) is 2.19. The minimum atomic E-state index is 0.206. The zero-order valence-corrected chi connectivity index (χ0v) is 8.76. The van der Waals surface area contributed by atoms with Crippen molar-refractivity contribution < 1.29 is 4.74 Å². The Balaban J connectivity index is 1.89. The molecule has 0 bridgehead atoms. The Kier molecular flexibility index (Phi) is 2.22. The van der Waals surface area contributed by atoms with Crippen LogP contribution in [0.2, 0.25) is 0 Å². The van der Waals surface area contributed by atoms with E-state index in [1.165, 1.54) is 5.56 Å². The van der Waals surface area contributed by atoms with Gasteiger partial charge in [-0.05, 0) is 17.7 Å². The van der Waals surface area contributed by atoms with E-state index < -0.39 is 0 Å². The molecule has 1 aliphatic heterocycles. The average molecular weight is 212 g/mol. The van der Waals surface area contributed by atoms with Gasteiger partial charge in [-0.25, -0.2) is 4.98 Å². The van der Waals surface area contributed by atoms with Gasteiger partial charge in [-0.3, -0.25) is 0 Å². The number of aromatic nitrogens is 1. The molecular formula is C13H12N2O. The Morgan fingerprint density at radius 3 is 2.88 bits per heavy atom. The van der Waals surface area contributed by atoms with Crippen LogP contribution in [0.25, 0.3) is 0 Å². The lowest BCUT2D eigenvalue weighted by Crippen LogP contribution is -2.24. The van der Waals surface area contributed by atoms with Gasteiger partial charge in [0.05, 0.1) is 11.7 Å². The van der Waals surface area contributed by atoms with Crippen LogP contribution in [0.1, 0.15) is 11.6 Å². The van der Waals surface area contributed by atoms with Gasteiger partial charge in [0.15, 0.2) is 0 Å². The van der Waals surface area contributed by atoms with Crippen LogP contribution < -0.4 is 10.1 Å². The third-order valence-corrected chi connectivity index (χ3v) is 2.69. The summed E-state index contributed by atoms with van der Waals surface area (Å²) in [7, 11) is 0. The van der Waals surface area contributed by atoms with Crippen LogP contribution in [-0.4, -0.2) is 11.6 Å². The Morgan fingerprint density at radius 2 is 2.00 bits per heavy atom. The van der Waals surface area contributed by atoms with Gasteiger partial charge in [0.25, 0.3) is 0 Å². The molecule has 0 radical (unpaired) electrons. The van der Waals surface area contributed by atoms with E-state index in [1.807, 2.05) is 30.3 Å². The van der Waals surface area contributed by atoms with E-state index in [0.717, 1.165) is 5.69 Å². The number of anilines is 1. The first kappa shape index (κ1) is 9.21. The summed E-state index contributed by atoms with van der Waals surface area (Å²) in [6.45, 7) is 0.619. The van der Waals surface area contributed by atoms with Gasteiger partial charge < -0.3 is 10.1 Å². The van der Waals surface area contributed by atoms with Gasteiger partial charge in [-0.2, -0.15) is 0 Å². The number of fused-ring (bicyclic) bond motifs is 1. The van der Waals surface area contributed by atoms with Crippen LogP contribution in [0.4, 0.5) is 5.69 Å². The molecule has 1 N–H and O–H groups in total. The van der Waals surface area contributed by atoms with Crippen LogP contribution in [-0.2, 0) is 0 Å². The Labute approximate surface area is 94.1 Å². The van der Waals surface area contributed by atoms with E-state index in [9.17, 15) is 0 Å². The van der Waals surface area contributed by atoms with Crippen molar-refractivity contribution in [1.82, 2.24) is 4.98 Å². The SMILES string of the molecule is c1ccc(C2COc3ncccc3N2)cc1. The second kappa shape index (κ2) is 3.85. The molecule has 3 nitrogen and oxygen atoms in total. The number of rotatable bonds is 1. The van der Waals surface area contributed by atoms with E-state index in [-0.39, 0.29) is 6.04 Å². The smallest absolute Gasteiger partial charge is 0.237 e. The Hall–Kier alpha value is -2.03. The molecule has 0 aliphatic carbocycles. The molecule has 1 aromatic carbocycles. The van der Waals surface area contributed by atoms with Gasteiger partial charge >= 0.3 is 0 Å². The average Bonchev–Trinajstić information content (AvgIpc) is 2.39. The maximum Gasteiger partial charge on any atom is 0.237 e. The largest absolute Gasteiger partial charge is 0.474 e. The fourth-order valence-corrected chi connectivity index (χ4v) is 1.87. The molecule has 0 saturated carbocycles. The fraction of sp³-hybridized carbons (Fsp3) is 0.154. The van der Waals surface area contributed by atoms with Crippen molar-refractivity contribution in [2.45, 2.75) is 6.04 Å². The lowest BCUT2D eigenvalue weighted by Gasteiger charge is -2.26. The molecule has 3 heteroatoms. The molecule has 3 rings (SSSR count). The Bertz CT molecular complexity index is 484. The van der Waals surface area contributed by atoms with Crippen LogP contribution in [0.15, 0.2) is 48.7 Å². The van der Waals surface area contributed by atoms with Crippen molar-refractivity contribution in [2.24, 2.45) is 0 Å². The van der Waals surface area contributed by atoms with E-state index >= 15 is 0 Å². The van der Waals surface area contributed by atoms with Gasteiger partial charge in [0, 0.05) is 6.20 Å². The molecule has 0 saturated heterocycles. The fourth-order valence-electron chi connectivity index (χ4n) is 1.87. The van der Waals surface area contributed by atoms with Crippen molar-refractivity contribution in [3.05, 3.63) is 54.2 Å². The number of pyridine rings is 1. The second-order valence-corrected chi connectivity index (χ2v) is 3.77. The van der Waals surface area contributed by atoms with Crippen LogP contribution in [0.3, 0.4) is 0 Å². The summed E-state index contributed by atoms with van der Waals surface area (Å²) in [4.78, 5) is 4.16. The summed E-state index contributed by atoms with van der Waals surface area (Å²) in [6, 6.07) is 14.4. The lowest BCUT2D eigenvalue weighted by atomic mass is 10.1. The zero-order valence-electron chi connectivity index (χ0n) is 8.76. The van der Waals surface area contributed by atoms with Crippen molar-refractivity contribution in [3.63, 3.8) is 0 Å². The van der Waals surface area contributed by atoms with Gasteiger partial charge in [-0.1, -0.05) is 30.3 Å². The third kappa shape index (κ3) is 1.60. The summed E-state index contributed by atoms with van der Waals surface area (Å²) in [5.74, 6) is 0.690. The summed E-state index contributed by atoms with van der Waals surface area (Å²) >= 11 is 0. The van der Waals surface area contributed by atoms with E-state index in [0.29, 0.717) is 12.5 Å². The number of hydrogen-bond acceptors (Lipinski definition) is 3. The van der Waals surface area contributed by atoms with Crippen LogP contribution in [0, 0.1) is 0 Å². The molecule has 0 fully saturated rings. The highest BCUT2D eigenvalue weighted by Gasteiger charge is 2.20. The number of nitrogens with one attached hydrogen (secondary N) is 1. The van der Waals surface area contributed by atoms with E-state index in [1.54, 1.807) is 6.20 Å². The standard InChI is InChI=1S/C13H12N2O/c1-2-5-10(6-3-1)12-9-16-13-11(15-12)7-4-8-14-13/h1-8,12,15H,9H2. The highest BCUT2D eigenvalue weighted by atomic mass is 16.5. The van der Waals surface area contributed by atoms with E-state index in [2.05, 4.69) is 22.4 Å². The molecule has 1 aliphatic rings. The molecule has 0 amide bonds. The summed E-state index contributed by atoms with van der Waals surface area (Å²) < 4.78 is 5.62. The molecule has 1 aromatic heterocycles. The van der Waals surface area contributed by atoms with E-state index in [4.69, 9.17) is 4.74 Å². The topological polar surface area (TPSA) is 34.1 Å². The minimum absolute atomic E-state index is 0.206. The van der Waals surface area contributed by atoms with Crippen LogP contribution >= 0.6 is 0 Å². The monoisotopic (exact) mass is 212 g/mol. The molecule has 1 atom stereocenters. The van der Waals surface area contributed by atoms with Crippen molar-refractivity contribution in [2.75, 3.05) is 11.9 Å². The highest BCUT2D eigenvalue weighted by Crippen LogP contribution is 2.31. The number of nitrogens with zero attached hydrogens (tertiary/aromatic N) is 1. The van der Waals surface area contributed by atoms with Crippen LogP contribution in [0.5, 0.6) is 5.88 Å². The Morgan fingerprint density at radius 1 is 1.12 bits per heavy atom. The van der Waals surface area contributed by atoms with Gasteiger partial charge in [0.1, 0.15) is 6.61 Å². The number of benzene rings is 1. The van der Waals surface area contributed by atoms with Gasteiger partial charge in [-0.15, -0.1) is 0 Å². The molecule has 1 unspecified atom stereocenters. The predicted octanol–water partition coefficient (Wildman–Crippen LogP) is 2.63. The minimum Gasteiger partial charge on any atom is -0.474 e. The zero-order chi connectivity index (χ0) is 10.8. The summed E-state index contributed by atoms with van der Waals surface area (Å²) in [5, 5.41) is 3.43. The molecular weight excluding hydrogens is 200 g/mol. The molecule has 80 valence electrons. The normalized spacial score (nSPS) is 18.1. The second-order valence-electron chi connectivity index (χ2n) is 3.77. The van der Waals surface area contributed by atoms with Crippen molar-refractivity contribution in [3.8, 4) is 5.88 Å². The first-order valence-electron chi connectivity index (χ1n) is 5.33. The first-order valence-corrected chi connectivity index (χ1v) is 5.33. The first-order chi connectivity index (χ1) is 7.93. The highest BCUT2D eigenvalue weighted by molar-refractivity contribution is 5.55. The molecule has 2 aromatic rings. The lowest BCUT2D eigenvalue weighted by molar-refractivity contribution is 0.275. The molecule has 2 heterocycles. The van der Waals surface area contributed by atoms with Crippen molar-refractivity contribution in [1.29, 1.82) is 0 Å². The summed E-state index contributed by atoms with van der Waals surface area (Å²) in [6.07, 6.45) is 1.74. The number of hydrogen-bond donors (Lipinski definition) is 1. The van der Waals surface area contributed by atoms with Gasteiger partial charge in [0.2, 0.25) is 5.88 Å².